The molecule has 2 aliphatic rings. The molecule has 1 saturated heterocycles. The Labute approximate surface area is 252 Å². The molecule has 1 aliphatic carbocycles. The number of methoxy groups -OCH3 is 1. The third-order valence-corrected chi connectivity index (χ3v) is 7.17. The van der Waals surface area contributed by atoms with E-state index in [1.807, 2.05) is 46.4 Å². The van der Waals surface area contributed by atoms with Crippen molar-refractivity contribution in [3.63, 3.8) is 0 Å². The van der Waals surface area contributed by atoms with Gasteiger partial charge in [-0.2, -0.15) is 0 Å². The molecule has 2 fully saturated rings. The van der Waals surface area contributed by atoms with Gasteiger partial charge in [-0.3, -0.25) is 24.3 Å². The zero-order valence-electron chi connectivity index (χ0n) is 28.4. The summed E-state index contributed by atoms with van der Waals surface area (Å²) in [7, 11) is 1.71. The van der Waals surface area contributed by atoms with Gasteiger partial charge in [0, 0.05) is 59.5 Å². The number of nitrogens with one attached hydrogen (secondary N) is 1. The van der Waals surface area contributed by atoms with Crippen LogP contribution in [0.15, 0.2) is 0 Å². The van der Waals surface area contributed by atoms with E-state index in [-0.39, 0.29) is 23.9 Å². The lowest BCUT2D eigenvalue weighted by atomic mass is 9.69. The first-order valence-corrected chi connectivity index (χ1v) is 15.4. The van der Waals surface area contributed by atoms with Gasteiger partial charge in [0.15, 0.2) is 0 Å². The minimum Gasteiger partial charge on any atom is -0.459 e. The van der Waals surface area contributed by atoms with Gasteiger partial charge in [-0.15, -0.1) is 0 Å². The second-order valence-electron chi connectivity index (χ2n) is 14.4. The van der Waals surface area contributed by atoms with Crippen LogP contribution in [0.2, 0.25) is 0 Å². The SMILES string of the molecule is CC(=O)CN1CCNCCN(CC=O)CCN(CC(=O)OC(C)(C)C)CC1.CC(C)(C)C1CCC1.COC(C)(C)C. The van der Waals surface area contributed by atoms with Crippen molar-refractivity contribution in [2.45, 2.75) is 99.7 Å². The Balaban J connectivity index is 0.000000926. The van der Waals surface area contributed by atoms with Gasteiger partial charge in [0.05, 0.1) is 25.2 Å². The summed E-state index contributed by atoms with van der Waals surface area (Å²) in [4.78, 5) is 40.9. The van der Waals surface area contributed by atoms with Gasteiger partial charge in [0.1, 0.15) is 17.7 Å². The molecular weight excluding hydrogens is 520 g/mol. The normalized spacial score (nSPS) is 19.2. The molecule has 0 unspecified atom stereocenters. The summed E-state index contributed by atoms with van der Waals surface area (Å²) in [5.74, 6) is 0.914. The third kappa shape index (κ3) is 22.8. The Morgan fingerprint density at radius 1 is 0.780 bits per heavy atom. The lowest BCUT2D eigenvalue weighted by Crippen LogP contribution is -2.47. The highest BCUT2D eigenvalue weighted by Gasteiger charge is 2.29. The smallest absolute Gasteiger partial charge is 0.320 e. The molecule has 1 saturated carbocycles. The second kappa shape index (κ2) is 19.7. The fourth-order valence-electron chi connectivity index (χ4n) is 4.25. The number of carbonyl (C=O) groups is 3. The molecule has 0 atom stereocenters. The van der Waals surface area contributed by atoms with Gasteiger partial charge < -0.3 is 19.6 Å². The minimum absolute atomic E-state index is 0.0417. The number of hydrogen-bond donors (Lipinski definition) is 1. The predicted octanol–water partition coefficient (Wildman–Crippen LogP) is 3.89. The van der Waals surface area contributed by atoms with Crippen LogP contribution in [0.1, 0.15) is 88.5 Å². The molecule has 0 bridgehead atoms. The fourth-order valence-corrected chi connectivity index (χ4v) is 4.25. The average Bonchev–Trinajstić information content (AvgIpc) is 2.75. The maximum Gasteiger partial charge on any atom is 0.320 e. The molecule has 0 amide bonds. The Morgan fingerprint density at radius 3 is 1.59 bits per heavy atom. The molecule has 0 radical (unpaired) electrons. The number of aldehydes is 1. The maximum absolute atomic E-state index is 12.3. The zero-order valence-corrected chi connectivity index (χ0v) is 28.4. The minimum atomic E-state index is -0.514. The van der Waals surface area contributed by atoms with Crippen LogP contribution in [0.25, 0.3) is 0 Å². The monoisotopic (exact) mass is 584 g/mol. The molecule has 0 aromatic heterocycles. The first-order chi connectivity index (χ1) is 18.9. The lowest BCUT2D eigenvalue weighted by Gasteiger charge is -2.37. The molecule has 0 aromatic carbocycles. The van der Waals surface area contributed by atoms with E-state index < -0.39 is 5.60 Å². The quantitative estimate of drug-likeness (QED) is 0.369. The van der Waals surface area contributed by atoms with Gasteiger partial charge >= 0.3 is 5.97 Å². The van der Waals surface area contributed by atoms with Crippen LogP contribution >= 0.6 is 0 Å². The molecule has 9 heteroatoms. The van der Waals surface area contributed by atoms with Gasteiger partial charge in [0.25, 0.3) is 0 Å². The Kier molecular flexibility index (Phi) is 19.1. The molecule has 1 heterocycles. The molecule has 9 nitrogen and oxygen atoms in total. The standard InChI is InChI=1S/C19H36N4O4.C8H16.C5H12O/c1-17(25)15-22-8-6-20-5-7-21(13-14-24)9-10-23(12-11-22)16-18(26)27-19(2,3)4;1-8(2,3)7-5-4-6-7;1-5(2,3)6-4/h14,20H,5-13,15-16H2,1-4H3;7H,4-6H2,1-3H3;1-4H3. The van der Waals surface area contributed by atoms with Crippen molar-refractivity contribution in [2.24, 2.45) is 11.3 Å². The summed E-state index contributed by atoms with van der Waals surface area (Å²) < 4.78 is 10.4. The molecule has 1 aliphatic heterocycles. The number of rotatable bonds is 6. The Hall–Kier alpha value is -1.39. The van der Waals surface area contributed by atoms with Gasteiger partial charge in [-0.05, 0) is 72.6 Å². The third-order valence-electron chi connectivity index (χ3n) is 7.17. The van der Waals surface area contributed by atoms with Crippen LogP contribution in [-0.2, 0) is 23.9 Å². The summed E-state index contributed by atoms with van der Waals surface area (Å²) >= 11 is 0. The number of esters is 1. The van der Waals surface area contributed by atoms with Crippen LogP contribution in [0.4, 0.5) is 0 Å². The van der Waals surface area contributed by atoms with Crippen molar-refractivity contribution in [1.82, 2.24) is 20.0 Å². The molecule has 0 spiro atoms. The van der Waals surface area contributed by atoms with Crippen molar-refractivity contribution >= 4 is 18.0 Å². The van der Waals surface area contributed by atoms with Crippen LogP contribution in [0, 0.1) is 11.3 Å². The summed E-state index contributed by atoms with van der Waals surface area (Å²) in [6, 6.07) is 0. The maximum atomic E-state index is 12.3. The lowest BCUT2D eigenvalue weighted by molar-refractivity contribution is -0.156. The summed E-state index contributed by atoms with van der Waals surface area (Å²) in [6.07, 6.45) is 5.34. The van der Waals surface area contributed by atoms with Crippen molar-refractivity contribution in [3.05, 3.63) is 0 Å². The van der Waals surface area contributed by atoms with Crippen LogP contribution < -0.4 is 5.32 Å². The molecule has 1 N–H and O–H groups in total. The summed E-state index contributed by atoms with van der Waals surface area (Å²) in [5, 5.41) is 3.37. The predicted molar refractivity (Wildman–Crippen MR) is 168 cm³/mol. The zero-order chi connectivity index (χ0) is 31.7. The highest BCUT2D eigenvalue weighted by Crippen LogP contribution is 2.40. The number of ketones is 1. The summed E-state index contributed by atoms with van der Waals surface area (Å²) in [5.41, 5.74) is 0.123. The van der Waals surface area contributed by atoms with E-state index in [1.54, 1.807) is 14.0 Å². The van der Waals surface area contributed by atoms with Crippen molar-refractivity contribution in [3.8, 4) is 0 Å². The number of nitrogens with zero attached hydrogens (tertiary/aromatic N) is 3. The average molecular weight is 585 g/mol. The van der Waals surface area contributed by atoms with Crippen LogP contribution in [0.3, 0.4) is 0 Å². The van der Waals surface area contributed by atoms with Gasteiger partial charge in [-0.1, -0.05) is 27.2 Å². The molecule has 41 heavy (non-hydrogen) atoms. The first kappa shape index (κ1) is 39.6. The first-order valence-electron chi connectivity index (χ1n) is 15.4. The highest BCUT2D eigenvalue weighted by molar-refractivity contribution is 5.77. The molecule has 2 rings (SSSR count). The Morgan fingerprint density at radius 2 is 1.24 bits per heavy atom. The van der Waals surface area contributed by atoms with Crippen molar-refractivity contribution < 1.29 is 23.9 Å². The van der Waals surface area contributed by atoms with E-state index >= 15 is 0 Å². The van der Waals surface area contributed by atoms with Crippen molar-refractivity contribution in [2.75, 3.05) is 79.1 Å². The molecule has 0 aromatic rings. The number of carbonyl (C=O) groups excluding carboxylic acids is 3. The van der Waals surface area contributed by atoms with Crippen LogP contribution in [-0.4, -0.2) is 123 Å². The number of Topliss-reactive ketones (excluding diaryl/α,β-unsaturated/α-hetero) is 1. The largest absolute Gasteiger partial charge is 0.459 e. The topological polar surface area (TPSA) is 91.4 Å². The van der Waals surface area contributed by atoms with E-state index in [1.165, 1.54) is 19.3 Å². The number of ether oxygens (including phenoxy) is 2. The summed E-state index contributed by atoms with van der Waals surface area (Å²) in [6.45, 7) is 27.1. The number of hydrogen-bond acceptors (Lipinski definition) is 9. The fraction of sp³-hybridized carbons (Fsp3) is 0.906. The van der Waals surface area contributed by atoms with E-state index in [0.29, 0.717) is 44.7 Å². The second-order valence-corrected chi connectivity index (χ2v) is 14.4. The van der Waals surface area contributed by atoms with Crippen LogP contribution in [0.5, 0.6) is 0 Å². The van der Waals surface area contributed by atoms with Gasteiger partial charge in [-0.25, -0.2) is 0 Å². The van der Waals surface area contributed by atoms with E-state index in [9.17, 15) is 14.4 Å². The highest BCUT2D eigenvalue weighted by atomic mass is 16.6. The van der Waals surface area contributed by atoms with Gasteiger partial charge in [0.2, 0.25) is 0 Å². The van der Waals surface area contributed by atoms with Crippen molar-refractivity contribution in [1.29, 1.82) is 0 Å². The van der Waals surface area contributed by atoms with E-state index in [2.05, 4.69) is 35.9 Å². The van der Waals surface area contributed by atoms with E-state index in [0.717, 1.165) is 38.4 Å². The molecule has 242 valence electrons. The van der Waals surface area contributed by atoms with E-state index in [4.69, 9.17) is 9.47 Å². The Bertz CT molecular complexity index is 736. The molecular formula is C32H64N4O5.